The lowest BCUT2D eigenvalue weighted by Gasteiger charge is -2.27. The monoisotopic (exact) mass is 648 g/mol. The van der Waals surface area contributed by atoms with E-state index in [2.05, 4.69) is 0 Å². The summed E-state index contributed by atoms with van der Waals surface area (Å²) < 4.78 is 63.1. The molecular formula is C36H26O8P2. The Morgan fingerprint density at radius 1 is 0.304 bits per heavy atom. The molecule has 0 radical (unpaired) electrons. The van der Waals surface area contributed by atoms with E-state index < -0.39 is 15.6 Å². The minimum absolute atomic E-state index is 0.156. The summed E-state index contributed by atoms with van der Waals surface area (Å²) in [4.78, 5) is 0. The Morgan fingerprint density at radius 2 is 0.652 bits per heavy atom. The number of para-hydroxylation sites is 3. The maximum absolute atomic E-state index is 14.3. The van der Waals surface area contributed by atoms with Crippen LogP contribution < -0.4 is 27.1 Å². The molecule has 0 bridgehead atoms. The van der Waals surface area contributed by atoms with Gasteiger partial charge in [-0.15, -0.1) is 0 Å². The van der Waals surface area contributed by atoms with Gasteiger partial charge in [-0.3, -0.25) is 0 Å². The quantitative estimate of drug-likeness (QED) is 0.121. The van der Waals surface area contributed by atoms with Gasteiger partial charge < -0.3 is 27.1 Å². The minimum Gasteiger partial charge on any atom is -0.386 e. The molecule has 0 N–H and O–H groups in total. The van der Waals surface area contributed by atoms with Gasteiger partial charge in [0.15, 0.2) is 0 Å². The fourth-order valence-corrected chi connectivity index (χ4v) is 7.38. The molecule has 0 saturated heterocycles. The Labute approximate surface area is 265 Å². The molecule has 0 heterocycles. The Hall–Kier alpha value is -5.42. The summed E-state index contributed by atoms with van der Waals surface area (Å²) in [5.41, 5.74) is 3.89. The second-order valence-electron chi connectivity index (χ2n) is 10.1. The topological polar surface area (TPSA) is 89.5 Å². The van der Waals surface area contributed by atoms with E-state index in [1.54, 1.807) is 78.9 Å². The molecule has 6 aromatic carbocycles. The first-order valence-electron chi connectivity index (χ1n) is 14.3. The molecule has 8 nitrogen and oxygen atoms in total. The van der Waals surface area contributed by atoms with Gasteiger partial charge in [-0.25, -0.2) is 0 Å². The first-order chi connectivity index (χ1) is 22.5. The lowest BCUT2D eigenvalue weighted by molar-refractivity contribution is 0.294. The summed E-state index contributed by atoms with van der Waals surface area (Å²) in [6.07, 6.45) is 0. The first-order valence-corrected chi connectivity index (χ1v) is 17.2. The van der Waals surface area contributed by atoms with Crippen molar-refractivity contribution in [1.29, 1.82) is 0 Å². The summed E-state index contributed by atoms with van der Waals surface area (Å²) in [7, 11) is -8.51. The van der Waals surface area contributed by atoms with E-state index in [1.807, 2.05) is 54.6 Å². The average Bonchev–Trinajstić information content (AvgIpc) is 3.05. The zero-order valence-corrected chi connectivity index (χ0v) is 26.0. The molecule has 1 aliphatic carbocycles. The zero-order chi connectivity index (χ0) is 31.4. The van der Waals surface area contributed by atoms with E-state index in [9.17, 15) is 9.13 Å². The molecule has 10 heteroatoms. The molecular weight excluding hydrogens is 622 g/mol. The van der Waals surface area contributed by atoms with Gasteiger partial charge in [0.1, 0.15) is 34.5 Å². The highest BCUT2D eigenvalue weighted by Crippen LogP contribution is 2.57. The average molecular weight is 649 g/mol. The van der Waals surface area contributed by atoms with Crippen LogP contribution in [0, 0.1) is 0 Å². The van der Waals surface area contributed by atoms with Crippen molar-refractivity contribution < 1.29 is 36.3 Å². The number of benzene rings is 6. The molecule has 0 fully saturated rings. The number of hydrogen-bond donors (Lipinski definition) is 0. The van der Waals surface area contributed by atoms with E-state index in [0.717, 1.165) is 22.3 Å². The zero-order valence-electron chi connectivity index (χ0n) is 24.2. The molecule has 1 unspecified atom stereocenters. The van der Waals surface area contributed by atoms with Crippen LogP contribution in [0.1, 0.15) is 0 Å². The predicted octanol–water partition coefficient (Wildman–Crippen LogP) is 10.6. The third kappa shape index (κ3) is 6.50. The van der Waals surface area contributed by atoms with Gasteiger partial charge >= 0.3 is 15.6 Å². The summed E-state index contributed by atoms with van der Waals surface area (Å²) in [5, 5.41) is 0. The van der Waals surface area contributed by atoms with Crippen LogP contribution in [0.4, 0.5) is 0 Å². The van der Waals surface area contributed by atoms with Crippen molar-refractivity contribution in [2.45, 2.75) is 0 Å². The van der Waals surface area contributed by atoms with Crippen LogP contribution in [0.2, 0.25) is 0 Å². The molecule has 0 spiro atoms. The smallest absolute Gasteiger partial charge is 0.386 e. The lowest BCUT2D eigenvalue weighted by Crippen LogP contribution is -2.10. The van der Waals surface area contributed by atoms with Crippen LogP contribution in [0.25, 0.3) is 22.3 Å². The van der Waals surface area contributed by atoms with Gasteiger partial charge in [-0.2, -0.15) is 9.13 Å². The maximum atomic E-state index is 14.3. The van der Waals surface area contributed by atoms with Crippen LogP contribution in [0.5, 0.6) is 34.5 Å². The highest BCUT2D eigenvalue weighted by atomic mass is 31.2. The standard InChI is InChI=1S/C36H26O8P2/c37-45(39-27-13-4-1-5-14-27,40-28-15-6-2-7-16-28)42-30-23-25-31(26-24-30)43-46(38,41-29-17-8-3-9-18-29)44-35-22-12-21-34-32-19-10-11-20-33(32)36(34)35/h1-26H. The van der Waals surface area contributed by atoms with E-state index in [4.69, 9.17) is 27.1 Å². The van der Waals surface area contributed by atoms with Gasteiger partial charge in [-0.05, 0) is 83.4 Å². The molecule has 46 heavy (non-hydrogen) atoms. The van der Waals surface area contributed by atoms with Gasteiger partial charge in [0.2, 0.25) is 0 Å². The van der Waals surface area contributed by atoms with E-state index >= 15 is 0 Å². The van der Waals surface area contributed by atoms with Crippen LogP contribution in [0.15, 0.2) is 158 Å². The number of phosphoric ester groups is 2. The fraction of sp³-hybridized carbons (Fsp3) is 0. The molecule has 1 aliphatic rings. The third-order valence-electron chi connectivity index (χ3n) is 6.86. The Morgan fingerprint density at radius 3 is 1.11 bits per heavy atom. The van der Waals surface area contributed by atoms with Crippen LogP contribution >= 0.6 is 15.6 Å². The van der Waals surface area contributed by atoms with E-state index in [1.165, 1.54) is 24.3 Å². The third-order valence-corrected chi connectivity index (χ3v) is 9.45. The predicted molar refractivity (Wildman–Crippen MR) is 176 cm³/mol. The van der Waals surface area contributed by atoms with Crippen molar-refractivity contribution in [3.63, 3.8) is 0 Å². The lowest BCUT2D eigenvalue weighted by atomic mass is 9.80. The first kappa shape index (κ1) is 29.3. The van der Waals surface area contributed by atoms with Crippen molar-refractivity contribution >= 4 is 15.6 Å². The number of fused-ring (bicyclic) bond motifs is 4. The molecule has 7 rings (SSSR count). The number of rotatable bonds is 12. The van der Waals surface area contributed by atoms with Crippen molar-refractivity contribution in [2.75, 3.05) is 0 Å². The fourth-order valence-electron chi connectivity index (χ4n) is 4.87. The number of phosphoric acid groups is 2. The molecule has 0 aromatic heterocycles. The van der Waals surface area contributed by atoms with Crippen LogP contribution in [-0.2, 0) is 9.13 Å². The minimum atomic E-state index is -4.30. The van der Waals surface area contributed by atoms with Gasteiger partial charge in [0, 0.05) is 5.56 Å². The van der Waals surface area contributed by atoms with Crippen molar-refractivity contribution in [3.8, 4) is 56.8 Å². The van der Waals surface area contributed by atoms with Crippen LogP contribution in [0.3, 0.4) is 0 Å². The van der Waals surface area contributed by atoms with E-state index in [0.29, 0.717) is 23.0 Å². The molecule has 0 aliphatic heterocycles. The molecule has 6 aromatic rings. The summed E-state index contributed by atoms with van der Waals surface area (Å²) in [5.74, 6) is 1.59. The van der Waals surface area contributed by atoms with Crippen LogP contribution in [-0.4, -0.2) is 0 Å². The Bertz CT molecular complexity index is 2010. The molecule has 228 valence electrons. The molecule has 0 amide bonds. The van der Waals surface area contributed by atoms with Gasteiger partial charge in [-0.1, -0.05) is 91.0 Å². The SMILES string of the molecule is O=P(Oc1ccccc1)(Oc1ccccc1)Oc1ccc(OP(=O)(Oc2ccccc2)Oc2cccc3c2-c2ccccc2-3)cc1. The summed E-state index contributed by atoms with van der Waals surface area (Å²) >= 11 is 0. The van der Waals surface area contributed by atoms with Crippen molar-refractivity contribution in [1.82, 2.24) is 0 Å². The summed E-state index contributed by atoms with van der Waals surface area (Å²) in [6, 6.07) is 45.2. The maximum Gasteiger partial charge on any atom is 0.647 e. The highest BCUT2D eigenvalue weighted by molar-refractivity contribution is 7.50. The second-order valence-corrected chi connectivity index (χ2v) is 13.0. The second kappa shape index (κ2) is 12.5. The van der Waals surface area contributed by atoms with Crippen molar-refractivity contribution in [2.24, 2.45) is 0 Å². The molecule has 0 saturated carbocycles. The number of hydrogen-bond acceptors (Lipinski definition) is 8. The van der Waals surface area contributed by atoms with Gasteiger partial charge in [0.05, 0.1) is 0 Å². The van der Waals surface area contributed by atoms with Crippen molar-refractivity contribution in [3.05, 3.63) is 158 Å². The highest BCUT2D eigenvalue weighted by Gasteiger charge is 2.37. The Balaban J connectivity index is 1.14. The van der Waals surface area contributed by atoms with E-state index in [-0.39, 0.29) is 11.5 Å². The van der Waals surface area contributed by atoms with Gasteiger partial charge in [0.25, 0.3) is 0 Å². The normalized spacial score (nSPS) is 12.7. The summed E-state index contributed by atoms with van der Waals surface area (Å²) in [6.45, 7) is 0. The molecule has 1 atom stereocenters. The Kier molecular flexibility index (Phi) is 7.98. The largest absolute Gasteiger partial charge is 0.647 e.